The number of amides is 1. The molecule has 0 saturated heterocycles. The van der Waals surface area contributed by atoms with Gasteiger partial charge in [0.15, 0.2) is 0 Å². The summed E-state index contributed by atoms with van der Waals surface area (Å²) in [7, 11) is 0. The fourth-order valence-electron chi connectivity index (χ4n) is 2.31. The molecule has 1 aliphatic carbocycles. The summed E-state index contributed by atoms with van der Waals surface area (Å²) in [6, 6.07) is 5.49. The van der Waals surface area contributed by atoms with Crippen molar-refractivity contribution >= 4 is 11.4 Å². The lowest BCUT2D eigenvalue weighted by molar-refractivity contribution is 0.0952. The van der Waals surface area contributed by atoms with E-state index in [0.717, 1.165) is 25.0 Å². The average molecular weight is 244 g/mol. The standard InChI is InChI=1S/C13H16N4O/c14-7-9-6-10(9)8-15-13(18)11-2-1-5-17-12(11)3-4-16-17/h1-5,9-10H,6-8,14H2,(H,15,18). The van der Waals surface area contributed by atoms with E-state index in [2.05, 4.69) is 10.4 Å². The number of hydrogen-bond acceptors (Lipinski definition) is 3. The maximum absolute atomic E-state index is 12.1. The van der Waals surface area contributed by atoms with E-state index in [1.54, 1.807) is 10.7 Å². The predicted molar refractivity (Wildman–Crippen MR) is 68.2 cm³/mol. The van der Waals surface area contributed by atoms with Gasteiger partial charge in [-0.1, -0.05) is 0 Å². The van der Waals surface area contributed by atoms with Crippen molar-refractivity contribution in [2.75, 3.05) is 13.1 Å². The van der Waals surface area contributed by atoms with Gasteiger partial charge >= 0.3 is 0 Å². The number of aromatic nitrogens is 2. The van der Waals surface area contributed by atoms with Crippen molar-refractivity contribution in [3.63, 3.8) is 0 Å². The number of pyridine rings is 1. The van der Waals surface area contributed by atoms with Crippen molar-refractivity contribution in [2.45, 2.75) is 6.42 Å². The summed E-state index contributed by atoms with van der Waals surface area (Å²) in [5, 5.41) is 7.09. The third-order valence-electron chi connectivity index (χ3n) is 3.58. The van der Waals surface area contributed by atoms with Gasteiger partial charge in [-0.3, -0.25) is 4.79 Å². The lowest BCUT2D eigenvalue weighted by Crippen LogP contribution is -2.26. The van der Waals surface area contributed by atoms with E-state index in [1.807, 2.05) is 24.4 Å². The molecule has 5 heteroatoms. The molecule has 18 heavy (non-hydrogen) atoms. The van der Waals surface area contributed by atoms with Crippen LogP contribution in [0, 0.1) is 11.8 Å². The Bertz CT molecular complexity index is 577. The van der Waals surface area contributed by atoms with Crippen molar-refractivity contribution < 1.29 is 4.79 Å². The normalized spacial score (nSPS) is 22.1. The Hall–Kier alpha value is -1.88. The molecule has 1 aliphatic rings. The van der Waals surface area contributed by atoms with Gasteiger partial charge in [-0.05, 0) is 43.0 Å². The molecule has 2 atom stereocenters. The lowest BCUT2D eigenvalue weighted by Gasteiger charge is -2.06. The number of hydrogen-bond donors (Lipinski definition) is 2. The van der Waals surface area contributed by atoms with Crippen molar-refractivity contribution in [3.05, 3.63) is 36.2 Å². The molecule has 3 N–H and O–H groups in total. The highest BCUT2D eigenvalue weighted by atomic mass is 16.1. The van der Waals surface area contributed by atoms with Crippen LogP contribution >= 0.6 is 0 Å². The second-order valence-electron chi connectivity index (χ2n) is 4.78. The fraction of sp³-hybridized carbons (Fsp3) is 0.385. The van der Waals surface area contributed by atoms with Gasteiger partial charge in [-0.15, -0.1) is 0 Å². The van der Waals surface area contributed by atoms with Crippen LogP contribution < -0.4 is 11.1 Å². The Labute approximate surface area is 105 Å². The van der Waals surface area contributed by atoms with E-state index in [4.69, 9.17) is 5.73 Å². The molecule has 1 fully saturated rings. The first-order valence-electron chi connectivity index (χ1n) is 6.20. The molecule has 0 radical (unpaired) electrons. The van der Waals surface area contributed by atoms with Gasteiger partial charge in [0.2, 0.25) is 0 Å². The number of nitrogens with zero attached hydrogens (tertiary/aromatic N) is 2. The van der Waals surface area contributed by atoms with E-state index in [-0.39, 0.29) is 5.91 Å². The zero-order valence-electron chi connectivity index (χ0n) is 10.0. The summed E-state index contributed by atoms with van der Waals surface area (Å²) in [4.78, 5) is 12.1. The highest BCUT2D eigenvalue weighted by molar-refractivity contribution is 6.00. The van der Waals surface area contributed by atoms with Crippen LogP contribution in [0.25, 0.3) is 5.52 Å². The minimum atomic E-state index is -0.0382. The molecule has 2 aromatic rings. The van der Waals surface area contributed by atoms with Crippen molar-refractivity contribution in [3.8, 4) is 0 Å². The second kappa shape index (κ2) is 4.42. The van der Waals surface area contributed by atoms with Crippen LogP contribution in [0.2, 0.25) is 0 Å². The molecule has 3 rings (SSSR count). The van der Waals surface area contributed by atoms with E-state index < -0.39 is 0 Å². The molecule has 0 bridgehead atoms. The molecule has 5 nitrogen and oxygen atoms in total. The van der Waals surface area contributed by atoms with Crippen LogP contribution in [0.1, 0.15) is 16.8 Å². The maximum atomic E-state index is 12.1. The minimum absolute atomic E-state index is 0.0382. The van der Waals surface area contributed by atoms with Crippen LogP contribution in [0.15, 0.2) is 30.6 Å². The van der Waals surface area contributed by atoms with Crippen molar-refractivity contribution in [2.24, 2.45) is 17.6 Å². The Morgan fingerprint density at radius 1 is 1.50 bits per heavy atom. The van der Waals surface area contributed by atoms with Crippen LogP contribution in [-0.4, -0.2) is 28.6 Å². The van der Waals surface area contributed by atoms with Crippen molar-refractivity contribution in [1.82, 2.24) is 14.9 Å². The van der Waals surface area contributed by atoms with Crippen LogP contribution in [0.4, 0.5) is 0 Å². The van der Waals surface area contributed by atoms with Gasteiger partial charge < -0.3 is 11.1 Å². The van der Waals surface area contributed by atoms with Crippen LogP contribution in [0.3, 0.4) is 0 Å². The molecular formula is C13H16N4O. The van der Waals surface area contributed by atoms with Crippen LogP contribution in [-0.2, 0) is 0 Å². The Morgan fingerprint density at radius 3 is 3.17 bits per heavy atom. The number of rotatable bonds is 4. The summed E-state index contributed by atoms with van der Waals surface area (Å²) in [5.41, 5.74) is 7.08. The summed E-state index contributed by atoms with van der Waals surface area (Å²) in [6.07, 6.45) is 4.66. The summed E-state index contributed by atoms with van der Waals surface area (Å²) < 4.78 is 1.70. The minimum Gasteiger partial charge on any atom is -0.352 e. The Kier molecular flexibility index (Phi) is 2.76. The summed E-state index contributed by atoms with van der Waals surface area (Å²) in [5.74, 6) is 1.11. The molecule has 1 amide bonds. The number of nitrogens with two attached hydrogens (primary N) is 1. The Balaban J connectivity index is 1.70. The smallest absolute Gasteiger partial charge is 0.253 e. The highest BCUT2D eigenvalue weighted by Crippen LogP contribution is 2.36. The lowest BCUT2D eigenvalue weighted by atomic mass is 10.2. The van der Waals surface area contributed by atoms with Gasteiger partial charge in [-0.25, -0.2) is 4.52 Å². The van der Waals surface area contributed by atoms with Gasteiger partial charge in [0.1, 0.15) is 0 Å². The molecule has 0 aliphatic heterocycles. The molecule has 94 valence electrons. The third-order valence-corrected chi connectivity index (χ3v) is 3.58. The molecule has 2 aromatic heterocycles. The molecule has 0 spiro atoms. The molecule has 2 unspecified atom stereocenters. The van der Waals surface area contributed by atoms with Crippen LogP contribution in [0.5, 0.6) is 0 Å². The topological polar surface area (TPSA) is 72.4 Å². The monoisotopic (exact) mass is 244 g/mol. The first-order chi connectivity index (χ1) is 8.79. The molecule has 2 heterocycles. The molecule has 0 aromatic carbocycles. The highest BCUT2D eigenvalue weighted by Gasteiger charge is 2.35. The number of fused-ring (bicyclic) bond motifs is 1. The van der Waals surface area contributed by atoms with E-state index in [0.29, 0.717) is 17.4 Å². The number of carbonyl (C=O) groups is 1. The second-order valence-corrected chi connectivity index (χ2v) is 4.78. The largest absolute Gasteiger partial charge is 0.352 e. The summed E-state index contributed by atoms with van der Waals surface area (Å²) in [6.45, 7) is 1.44. The van der Waals surface area contributed by atoms with Gasteiger partial charge in [0.05, 0.1) is 17.3 Å². The van der Waals surface area contributed by atoms with Crippen molar-refractivity contribution in [1.29, 1.82) is 0 Å². The third kappa shape index (κ3) is 1.97. The quantitative estimate of drug-likeness (QED) is 0.829. The first kappa shape index (κ1) is 11.2. The van der Waals surface area contributed by atoms with E-state index in [9.17, 15) is 4.79 Å². The summed E-state index contributed by atoms with van der Waals surface area (Å²) >= 11 is 0. The molecule has 1 saturated carbocycles. The number of nitrogens with one attached hydrogen (secondary N) is 1. The number of carbonyl (C=O) groups excluding carboxylic acids is 1. The molecular weight excluding hydrogens is 228 g/mol. The van der Waals surface area contributed by atoms with E-state index >= 15 is 0 Å². The van der Waals surface area contributed by atoms with Gasteiger partial charge in [0, 0.05) is 12.7 Å². The average Bonchev–Trinajstić information content (AvgIpc) is 2.99. The van der Waals surface area contributed by atoms with Gasteiger partial charge in [-0.2, -0.15) is 5.10 Å². The predicted octanol–water partition coefficient (Wildman–Crippen LogP) is 0.659. The zero-order valence-corrected chi connectivity index (χ0v) is 10.0. The zero-order chi connectivity index (χ0) is 12.5. The SMILES string of the molecule is NCC1CC1CNC(=O)c1cccn2nccc12. The fourth-order valence-corrected chi connectivity index (χ4v) is 2.31. The Morgan fingerprint density at radius 2 is 2.39 bits per heavy atom. The van der Waals surface area contributed by atoms with E-state index in [1.165, 1.54) is 0 Å². The van der Waals surface area contributed by atoms with Gasteiger partial charge in [0.25, 0.3) is 5.91 Å². The maximum Gasteiger partial charge on any atom is 0.253 e. The first-order valence-corrected chi connectivity index (χ1v) is 6.20.